The second-order valence-electron chi connectivity index (χ2n) is 7.17. The second-order valence-corrected chi connectivity index (χ2v) is 8.39. The molecule has 0 radical (unpaired) electrons. The van der Waals surface area contributed by atoms with E-state index in [0.29, 0.717) is 21.7 Å². The number of carbonyl (C=O) groups excluding carboxylic acids is 3. The number of terminal acetylenes is 1. The lowest BCUT2D eigenvalue weighted by Crippen LogP contribution is -2.45. The van der Waals surface area contributed by atoms with Crippen LogP contribution in [0.3, 0.4) is 0 Å². The first-order valence-corrected chi connectivity index (χ1v) is 9.68. The van der Waals surface area contributed by atoms with Crippen molar-refractivity contribution in [3.63, 3.8) is 0 Å². The molecule has 1 aromatic carbocycles. The van der Waals surface area contributed by atoms with Crippen LogP contribution >= 0.6 is 11.3 Å². The molecule has 0 aliphatic carbocycles. The van der Waals surface area contributed by atoms with E-state index in [4.69, 9.17) is 10.8 Å². The SMILES string of the molecule is C#CC(C)(C)NC(=O)C(=O)c1sc(C)c(C(=O)Nc2ccc3occc3c2)c1C. The van der Waals surface area contributed by atoms with Crippen LogP contribution in [0.4, 0.5) is 5.69 Å². The molecule has 2 N–H and O–H groups in total. The number of fused-ring (bicyclic) bond motifs is 1. The van der Waals surface area contributed by atoms with Crippen molar-refractivity contribution >= 4 is 45.6 Å². The number of benzene rings is 1. The first-order valence-electron chi connectivity index (χ1n) is 8.86. The zero-order valence-electron chi connectivity index (χ0n) is 16.5. The lowest BCUT2D eigenvalue weighted by molar-refractivity contribution is -0.117. The molecule has 0 saturated carbocycles. The Morgan fingerprint density at radius 1 is 1.17 bits per heavy atom. The molecule has 148 valence electrons. The van der Waals surface area contributed by atoms with Crippen molar-refractivity contribution in [3.05, 3.63) is 51.4 Å². The fourth-order valence-corrected chi connectivity index (χ4v) is 4.02. The number of carbonyl (C=O) groups is 3. The predicted octanol–water partition coefficient (Wildman–Crippen LogP) is 4.07. The molecule has 0 aliphatic heterocycles. The third kappa shape index (κ3) is 4.08. The van der Waals surface area contributed by atoms with Gasteiger partial charge in [-0.1, -0.05) is 5.92 Å². The van der Waals surface area contributed by atoms with Crippen molar-refractivity contribution < 1.29 is 18.8 Å². The average Bonchev–Trinajstić information content (AvgIpc) is 3.24. The number of Topliss-reactive ketones (excluding diaryl/α,β-unsaturated/α-hetero) is 1. The zero-order valence-corrected chi connectivity index (χ0v) is 17.3. The number of rotatable bonds is 5. The third-order valence-electron chi connectivity index (χ3n) is 4.46. The van der Waals surface area contributed by atoms with Crippen LogP contribution < -0.4 is 10.6 Å². The average molecular weight is 408 g/mol. The third-order valence-corrected chi connectivity index (χ3v) is 5.67. The zero-order chi connectivity index (χ0) is 21.3. The molecular weight excluding hydrogens is 388 g/mol. The summed E-state index contributed by atoms with van der Waals surface area (Å²) in [6, 6.07) is 7.11. The molecule has 0 saturated heterocycles. The minimum absolute atomic E-state index is 0.225. The summed E-state index contributed by atoms with van der Waals surface area (Å²) in [6.45, 7) is 6.65. The largest absolute Gasteiger partial charge is 0.464 e. The molecule has 0 unspecified atom stereocenters. The van der Waals surface area contributed by atoms with Gasteiger partial charge in [0.25, 0.3) is 17.6 Å². The van der Waals surface area contributed by atoms with Gasteiger partial charge in [-0.3, -0.25) is 14.4 Å². The summed E-state index contributed by atoms with van der Waals surface area (Å²) in [5.74, 6) is 0.563. The maximum absolute atomic E-state index is 12.8. The molecule has 0 aliphatic rings. The molecule has 3 aromatic rings. The maximum atomic E-state index is 12.8. The highest BCUT2D eigenvalue weighted by Gasteiger charge is 2.29. The molecule has 3 rings (SSSR count). The summed E-state index contributed by atoms with van der Waals surface area (Å²) in [7, 11) is 0. The molecule has 29 heavy (non-hydrogen) atoms. The fourth-order valence-electron chi connectivity index (χ4n) is 2.92. The molecule has 6 nitrogen and oxygen atoms in total. The molecule has 7 heteroatoms. The number of aryl methyl sites for hydroxylation is 1. The standard InChI is InChI=1S/C22H20N2O4S/c1-6-22(4,5)24-21(27)18(25)19-12(2)17(13(3)29-19)20(26)23-15-7-8-16-14(11-15)9-10-28-16/h1,7-11H,2-5H3,(H,23,26)(H,24,27). The maximum Gasteiger partial charge on any atom is 0.294 e. The van der Waals surface area contributed by atoms with Crippen molar-refractivity contribution in [1.29, 1.82) is 0 Å². The van der Waals surface area contributed by atoms with E-state index in [1.807, 2.05) is 0 Å². The van der Waals surface area contributed by atoms with Crippen LogP contribution in [0, 0.1) is 26.2 Å². The molecule has 2 aromatic heterocycles. The van der Waals surface area contributed by atoms with Crippen molar-refractivity contribution in [2.24, 2.45) is 0 Å². The van der Waals surface area contributed by atoms with E-state index in [9.17, 15) is 14.4 Å². The normalized spacial score (nSPS) is 11.1. The van der Waals surface area contributed by atoms with Crippen LogP contribution in [0.5, 0.6) is 0 Å². The number of ketones is 1. The Bertz CT molecular complexity index is 1180. The number of hydrogen-bond donors (Lipinski definition) is 2. The van der Waals surface area contributed by atoms with E-state index in [2.05, 4.69) is 16.6 Å². The summed E-state index contributed by atoms with van der Waals surface area (Å²) in [5.41, 5.74) is 1.23. The van der Waals surface area contributed by atoms with Crippen molar-refractivity contribution in [2.45, 2.75) is 33.2 Å². The van der Waals surface area contributed by atoms with Crippen LogP contribution in [0.15, 0.2) is 34.9 Å². The predicted molar refractivity (Wildman–Crippen MR) is 113 cm³/mol. The van der Waals surface area contributed by atoms with E-state index in [-0.39, 0.29) is 10.8 Å². The first-order chi connectivity index (χ1) is 13.6. The van der Waals surface area contributed by atoms with Crippen molar-refractivity contribution in [1.82, 2.24) is 5.32 Å². The van der Waals surface area contributed by atoms with Gasteiger partial charge in [-0.25, -0.2) is 0 Å². The Morgan fingerprint density at radius 2 is 1.90 bits per heavy atom. The lowest BCUT2D eigenvalue weighted by atomic mass is 10.0. The summed E-state index contributed by atoms with van der Waals surface area (Å²) in [6.07, 6.45) is 6.94. The Hall–Kier alpha value is -3.37. The lowest BCUT2D eigenvalue weighted by Gasteiger charge is -2.18. The number of hydrogen-bond acceptors (Lipinski definition) is 5. The van der Waals surface area contributed by atoms with Crippen LogP contribution in [0.1, 0.15) is 44.3 Å². The monoisotopic (exact) mass is 408 g/mol. The van der Waals surface area contributed by atoms with Gasteiger partial charge in [0.05, 0.1) is 22.2 Å². The summed E-state index contributed by atoms with van der Waals surface area (Å²) in [4.78, 5) is 38.6. The van der Waals surface area contributed by atoms with E-state index < -0.39 is 17.2 Å². The second kappa shape index (κ2) is 7.57. The molecule has 2 heterocycles. The Balaban J connectivity index is 1.84. The van der Waals surface area contributed by atoms with E-state index in [1.165, 1.54) is 0 Å². The van der Waals surface area contributed by atoms with Crippen LogP contribution in [-0.4, -0.2) is 23.1 Å². The minimum atomic E-state index is -0.946. The quantitative estimate of drug-likeness (QED) is 0.378. The van der Waals surface area contributed by atoms with E-state index in [1.54, 1.807) is 58.2 Å². The van der Waals surface area contributed by atoms with Gasteiger partial charge in [-0.15, -0.1) is 17.8 Å². The van der Waals surface area contributed by atoms with Crippen LogP contribution in [0.2, 0.25) is 0 Å². The molecule has 0 atom stereocenters. The molecule has 2 amide bonds. The summed E-state index contributed by atoms with van der Waals surface area (Å²) in [5, 5.41) is 6.22. The summed E-state index contributed by atoms with van der Waals surface area (Å²) >= 11 is 1.12. The van der Waals surface area contributed by atoms with Crippen LogP contribution in [-0.2, 0) is 4.79 Å². The molecule has 0 fully saturated rings. The number of anilines is 1. The highest BCUT2D eigenvalue weighted by Crippen LogP contribution is 2.29. The van der Waals surface area contributed by atoms with Gasteiger partial charge in [-0.2, -0.15) is 0 Å². The minimum Gasteiger partial charge on any atom is -0.464 e. The Labute approximate surface area is 172 Å². The van der Waals surface area contributed by atoms with E-state index in [0.717, 1.165) is 22.3 Å². The number of thiophene rings is 1. The van der Waals surface area contributed by atoms with Gasteiger partial charge in [0.2, 0.25) is 0 Å². The molecule has 0 spiro atoms. The van der Waals surface area contributed by atoms with Crippen molar-refractivity contribution in [2.75, 3.05) is 5.32 Å². The number of nitrogens with one attached hydrogen (secondary N) is 2. The van der Waals surface area contributed by atoms with Gasteiger partial charge < -0.3 is 15.1 Å². The van der Waals surface area contributed by atoms with Gasteiger partial charge >= 0.3 is 0 Å². The highest BCUT2D eigenvalue weighted by molar-refractivity contribution is 7.15. The number of furan rings is 1. The van der Waals surface area contributed by atoms with Gasteiger partial charge in [-0.05, 0) is 57.5 Å². The van der Waals surface area contributed by atoms with Crippen LogP contribution in [0.25, 0.3) is 11.0 Å². The van der Waals surface area contributed by atoms with Gasteiger partial charge in [0.15, 0.2) is 0 Å². The smallest absolute Gasteiger partial charge is 0.294 e. The fraction of sp³-hybridized carbons (Fsp3) is 0.227. The summed E-state index contributed by atoms with van der Waals surface area (Å²) < 4.78 is 5.30. The van der Waals surface area contributed by atoms with Gasteiger partial charge in [0, 0.05) is 16.0 Å². The Morgan fingerprint density at radius 3 is 2.59 bits per heavy atom. The molecular formula is C22H20N2O4S. The topological polar surface area (TPSA) is 88.4 Å². The molecule has 0 bridgehead atoms. The van der Waals surface area contributed by atoms with Crippen molar-refractivity contribution in [3.8, 4) is 12.3 Å². The first kappa shape index (κ1) is 20.4. The highest BCUT2D eigenvalue weighted by atomic mass is 32.1. The Kier molecular flexibility index (Phi) is 5.31. The van der Waals surface area contributed by atoms with E-state index >= 15 is 0 Å². The number of amides is 2. The van der Waals surface area contributed by atoms with Gasteiger partial charge in [0.1, 0.15) is 5.58 Å².